The SMILES string of the molecule is CCCCCCOc1ccc2cc(OCCCCC(Br)CC)ccc2c1. The molecule has 1 atom stereocenters. The molecule has 2 nitrogen and oxygen atoms in total. The molecule has 0 aliphatic heterocycles. The summed E-state index contributed by atoms with van der Waals surface area (Å²) in [4.78, 5) is 0.645. The molecule has 2 aromatic rings. The highest BCUT2D eigenvalue weighted by atomic mass is 79.9. The lowest BCUT2D eigenvalue weighted by atomic mass is 10.1. The van der Waals surface area contributed by atoms with E-state index < -0.39 is 0 Å². The predicted octanol–water partition coefficient (Wildman–Crippen LogP) is 7.52. The van der Waals surface area contributed by atoms with Gasteiger partial charge in [0.25, 0.3) is 0 Å². The minimum absolute atomic E-state index is 0.645. The van der Waals surface area contributed by atoms with Crippen molar-refractivity contribution < 1.29 is 9.47 Å². The number of unbranched alkanes of at least 4 members (excludes halogenated alkanes) is 4. The van der Waals surface area contributed by atoms with E-state index in [1.807, 2.05) is 0 Å². The molecule has 0 fully saturated rings. The van der Waals surface area contributed by atoms with Gasteiger partial charge in [0.1, 0.15) is 11.5 Å². The predicted molar refractivity (Wildman–Crippen MR) is 116 cm³/mol. The fraction of sp³-hybridized carbons (Fsp3) is 0.565. The number of hydrogen-bond acceptors (Lipinski definition) is 2. The van der Waals surface area contributed by atoms with Crippen LogP contribution in [0.5, 0.6) is 11.5 Å². The van der Waals surface area contributed by atoms with Gasteiger partial charge in [-0.25, -0.2) is 0 Å². The Morgan fingerprint density at radius 3 is 1.88 bits per heavy atom. The van der Waals surface area contributed by atoms with Gasteiger partial charge in [-0.05, 0) is 67.1 Å². The second-order valence-corrected chi connectivity index (χ2v) is 8.22. The maximum atomic E-state index is 5.92. The lowest BCUT2D eigenvalue weighted by molar-refractivity contribution is 0.304. The maximum absolute atomic E-state index is 5.92. The van der Waals surface area contributed by atoms with Crippen molar-refractivity contribution in [2.24, 2.45) is 0 Å². The summed E-state index contributed by atoms with van der Waals surface area (Å²) in [7, 11) is 0. The Kier molecular flexibility index (Phi) is 9.91. The van der Waals surface area contributed by atoms with E-state index in [0.717, 1.165) is 37.6 Å². The van der Waals surface area contributed by atoms with Crippen LogP contribution in [0.2, 0.25) is 0 Å². The van der Waals surface area contributed by atoms with Crippen LogP contribution in [0.1, 0.15) is 65.2 Å². The van der Waals surface area contributed by atoms with Crippen LogP contribution in [0.3, 0.4) is 0 Å². The third-order valence-electron chi connectivity index (χ3n) is 4.67. The normalized spacial score (nSPS) is 12.3. The Bertz CT molecular complexity index is 641. The van der Waals surface area contributed by atoms with Crippen LogP contribution in [0.4, 0.5) is 0 Å². The number of alkyl halides is 1. The summed E-state index contributed by atoms with van der Waals surface area (Å²) in [5.41, 5.74) is 0. The van der Waals surface area contributed by atoms with Gasteiger partial charge in [0.2, 0.25) is 0 Å². The Morgan fingerprint density at radius 1 is 0.769 bits per heavy atom. The monoisotopic (exact) mass is 420 g/mol. The highest BCUT2D eigenvalue weighted by Crippen LogP contribution is 2.25. The standard InChI is InChI=1S/C23H33BrO2/c1-3-5-6-8-15-25-22-13-11-20-18-23(14-12-19(20)17-22)26-16-9-7-10-21(24)4-2/h11-14,17-18,21H,3-10,15-16H2,1-2H3. The number of hydrogen-bond donors (Lipinski definition) is 0. The number of benzene rings is 2. The number of fused-ring (bicyclic) bond motifs is 1. The molecule has 0 heterocycles. The average molecular weight is 421 g/mol. The quantitative estimate of drug-likeness (QED) is 0.246. The zero-order valence-electron chi connectivity index (χ0n) is 16.3. The van der Waals surface area contributed by atoms with Crippen LogP contribution < -0.4 is 9.47 Å². The lowest BCUT2D eigenvalue weighted by Gasteiger charge is -2.10. The third kappa shape index (κ3) is 7.57. The van der Waals surface area contributed by atoms with Crippen molar-refractivity contribution in [2.45, 2.75) is 70.0 Å². The van der Waals surface area contributed by atoms with E-state index in [1.165, 1.54) is 49.3 Å². The fourth-order valence-electron chi connectivity index (χ4n) is 2.96. The third-order valence-corrected chi connectivity index (χ3v) is 5.78. The van der Waals surface area contributed by atoms with Gasteiger partial charge in [0.05, 0.1) is 13.2 Å². The van der Waals surface area contributed by atoms with E-state index in [1.54, 1.807) is 0 Å². The smallest absolute Gasteiger partial charge is 0.119 e. The summed E-state index contributed by atoms with van der Waals surface area (Å²) >= 11 is 3.68. The second kappa shape index (κ2) is 12.2. The highest BCUT2D eigenvalue weighted by molar-refractivity contribution is 9.09. The van der Waals surface area contributed by atoms with Crippen LogP contribution in [-0.2, 0) is 0 Å². The van der Waals surface area contributed by atoms with Gasteiger partial charge < -0.3 is 9.47 Å². The Hall–Kier alpha value is -1.22. The molecule has 0 aliphatic carbocycles. The highest BCUT2D eigenvalue weighted by Gasteiger charge is 2.02. The first-order valence-corrected chi connectivity index (χ1v) is 11.1. The summed E-state index contributed by atoms with van der Waals surface area (Å²) in [5.74, 6) is 1.92. The van der Waals surface area contributed by atoms with Crippen molar-refractivity contribution in [3.05, 3.63) is 36.4 Å². The van der Waals surface area contributed by atoms with Crippen molar-refractivity contribution in [3.8, 4) is 11.5 Å². The van der Waals surface area contributed by atoms with Gasteiger partial charge >= 0.3 is 0 Å². The van der Waals surface area contributed by atoms with Crippen LogP contribution in [0.15, 0.2) is 36.4 Å². The van der Waals surface area contributed by atoms with Crippen molar-refractivity contribution in [1.82, 2.24) is 0 Å². The molecule has 3 heteroatoms. The van der Waals surface area contributed by atoms with E-state index >= 15 is 0 Å². The molecule has 26 heavy (non-hydrogen) atoms. The van der Waals surface area contributed by atoms with Gasteiger partial charge in [0.15, 0.2) is 0 Å². The molecule has 0 radical (unpaired) electrons. The van der Waals surface area contributed by atoms with Crippen LogP contribution >= 0.6 is 15.9 Å². The molecule has 0 bridgehead atoms. The van der Waals surface area contributed by atoms with Crippen molar-refractivity contribution >= 4 is 26.7 Å². The Labute approximate surface area is 167 Å². The minimum atomic E-state index is 0.645. The topological polar surface area (TPSA) is 18.5 Å². The van der Waals surface area contributed by atoms with E-state index in [9.17, 15) is 0 Å². The van der Waals surface area contributed by atoms with Gasteiger partial charge in [-0.1, -0.05) is 61.2 Å². The van der Waals surface area contributed by atoms with E-state index in [2.05, 4.69) is 66.2 Å². The molecule has 2 rings (SSSR count). The molecular formula is C23H33BrO2. The molecule has 0 saturated heterocycles. The lowest BCUT2D eigenvalue weighted by Crippen LogP contribution is -2.00. The number of halogens is 1. The fourth-order valence-corrected chi connectivity index (χ4v) is 3.29. The van der Waals surface area contributed by atoms with Crippen LogP contribution in [-0.4, -0.2) is 18.0 Å². The number of rotatable bonds is 13. The maximum Gasteiger partial charge on any atom is 0.119 e. The minimum Gasteiger partial charge on any atom is -0.494 e. The van der Waals surface area contributed by atoms with Crippen molar-refractivity contribution in [2.75, 3.05) is 13.2 Å². The van der Waals surface area contributed by atoms with Crippen molar-refractivity contribution in [3.63, 3.8) is 0 Å². The van der Waals surface area contributed by atoms with Gasteiger partial charge in [0, 0.05) is 4.83 Å². The molecule has 0 amide bonds. The van der Waals surface area contributed by atoms with Gasteiger partial charge in [-0.3, -0.25) is 0 Å². The number of ether oxygens (including phenoxy) is 2. The summed E-state index contributed by atoms with van der Waals surface area (Å²) < 4.78 is 11.8. The molecule has 0 saturated carbocycles. The molecule has 1 unspecified atom stereocenters. The van der Waals surface area contributed by atoms with Crippen LogP contribution in [0.25, 0.3) is 10.8 Å². The summed E-state index contributed by atoms with van der Waals surface area (Å²) in [5, 5.41) is 2.40. The first-order chi connectivity index (χ1) is 12.7. The average Bonchev–Trinajstić information content (AvgIpc) is 2.67. The van der Waals surface area contributed by atoms with E-state index in [0.29, 0.717) is 4.83 Å². The van der Waals surface area contributed by atoms with Gasteiger partial charge in [-0.15, -0.1) is 0 Å². The van der Waals surface area contributed by atoms with E-state index in [4.69, 9.17) is 9.47 Å². The van der Waals surface area contributed by atoms with Gasteiger partial charge in [-0.2, -0.15) is 0 Å². The van der Waals surface area contributed by atoms with E-state index in [-0.39, 0.29) is 0 Å². The Balaban J connectivity index is 1.78. The summed E-state index contributed by atoms with van der Waals surface area (Å²) in [6.45, 7) is 6.04. The molecule has 2 aromatic carbocycles. The Morgan fingerprint density at radius 2 is 1.35 bits per heavy atom. The first kappa shape index (κ1) is 21.1. The molecular weight excluding hydrogens is 388 g/mol. The molecule has 0 aromatic heterocycles. The summed E-state index contributed by atoms with van der Waals surface area (Å²) in [6.07, 6.45) is 9.65. The molecule has 144 valence electrons. The largest absolute Gasteiger partial charge is 0.494 e. The second-order valence-electron chi connectivity index (χ2n) is 6.93. The summed E-state index contributed by atoms with van der Waals surface area (Å²) in [6, 6.07) is 12.6. The van der Waals surface area contributed by atoms with Crippen molar-refractivity contribution in [1.29, 1.82) is 0 Å². The molecule has 0 spiro atoms. The molecule has 0 aliphatic rings. The zero-order chi connectivity index (χ0) is 18.6. The zero-order valence-corrected chi connectivity index (χ0v) is 17.9. The first-order valence-electron chi connectivity index (χ1n) is 10.2. The van der Waals surface area contributed by atoms with Crippen LogP contribution in [0, 0.1) is 0 Å². The molecule has 0 N–H and O–H groups in total.